The van der Waals surface area contributed by atoms with Gasteiger partial charge in [0.1, 0.15) is 11.4 Å². The Morgan fingerprint density at radius 3 is 2.68 bits per heavy atom. The summed E-state index contributed by atoms with van der Waals surface area (Å²) in [6.45, 7) is 4.52. The fourth-order valence-electron chi connectivity index (χ4n) is 1.97. The van der Waals surface area contributed by atoms with Crippen LogP contribution in [0.1, 0.15) is 19.7 Å². The molecule has 0 fully saturated rings. The van der Waals surface area contributed by atoms with Crippen molar-refractivity contribution in [2.24, 2.45) is 4.99 Å². The first-order chi connectivity index (χ1) is 8.94. The highest BCUT2D eigenvalue weighted by molar-refractivity contribution is 5.97. The van der Waals surface area contributed by atoms with E-state index in [0.29, 0.717) is 29.8 Å². The molecular formula is C13H15N5O. The molecule has 0 bridgehead atoms. The summed E-state index contributed by atoms with van der Waals surface area (Å²) in [6.07, 6.45) is 0. The maximum absolute atomic E-state index is 5.94. The second-order valence-corrected chi connectivity index (χ2v) is 5.19. The van der Waals surface area contributed by atoms with Gasteiger partial charge in [-0.05, 0) is 32.0 Å². The van der Waals surface area contributed by atoms with Crippen molar-refractivity contribution in [1.82, 2.24) is 9.97 Å². The Balaban J connectivity index is 2.10. The van der Waals surface area contributed by atoms with E-state index in [1.807, 2.05) is 19.9 Å². The van der Waals surface area contributed by atoms with Gasteiger partial charge >= 0.3 is 0 Å². The molecule has 0 amide bonds. The number of ether oxygens (including phenoxy) is 1. The Labute approximate surface area is 110 Å². The van der Waals surface area contributed by atoms with Gasteiger partial charge in [0.05, 0.1) is 12.1 Å². The number of nitrogens with zero attached hydrogens (tertiary/aromatic N) is 3. The molecule has 1 aliphatic heterocycles. The highest BCUT2D eigenvalue weighted by atomic mass is 16.5. The van der Waals surface area contributed by atoms with Crippen molar-refractivity contribution in [2.75, 3.05) is 18.0 Å². The number of hydrogen-bond acceptors (Lipinski definition) is 6. The molecule has 0 spiro atoms. The molecule has 6 nitrogen and oxygen atoms in total. The van der Waals surface area contributed by atoms with Crippen molar-refractivity contribution in [3.8, 4) is 0 Å². The summed E-state index contributed by atoms with van der Waals surface area (Å²) in [6, 6.07) is 5.35. The van der Waals surface area contributed by atoms with Gasteiger partial charge in [0, 0.05) is 11.1 Å². The molecular weight excluding hydrogens is 242 g/mol. The van der Waals surface area contributed by atoms with E-state index < -0.39 is 0 Å². The van der Waals surface area contributed by atoms with Gasteiger partial charge in [-0.3, -0.25) is 0 Å². The highest BCUT2D eigenvalue weighted by Gasteiger charge is 2.30. The van der Waals surface area contributed by atoms with Gasteiger partial charge in [-0.2, -0.15) is 0 Å². The van der Waals surface area contributed by atoms with E-state index in [9.17, 15) is 0 Å². The molecule has 98 valence electrons. The van der Waals surface area contributed by atoms with Gasteiger partial charge < -0.3 is 16.2 Å². The lowest BCUT2D eigenvalue weighted by molar-refractivity contribution is 0.130. The third kappa shape index (κ3) is 2.05. The van der Waals surface area contributed by atoms with Crippen molar-refractivity contribution in [2.45, 2.75) is 19.4 Å². The normalized spacial score (nSPS) is 17.3. The number of hydrogen-bond donors (Lipinski definition) is 2. The zero-order valence-corrected chi connectivity index (χ0v) is 10.8. The molecule has 1 aliphatic rings. The summed E-state index contributed by atoms with van der Waals surface area (Å²) in [5.41, 5.74) is 12.7. The summed E-state index contributed by atoms with van der Waals surface area (Å²) in [5, 5.41) is 0.738. The fourth-order valence-corrected chi connectivity index (χ4v) is 1.97. The van der Waals surface area contributed by atoms with Crippen LogP contribution in [0.25, 0.3) is 10.9 Å². The lowest BCUT2D eigenvalue weighted by Crippen LogP contribution is -2.25. The molecule has 3 rings (SSSR count). The Morgan fingerprint density at radius 2 is 2.00 bits per heavy atom. The Morgan fingerprint density at radius 1 is 1.21 bits per heavy atom. The topological polar surface area (TPSA) is 99.4 Å². The van der Waals surface area contributed by atoms with Crippen LogP contribution in [0.2, 0.25) is 0 Å². The minimum atomic E-state index is -0.316. The lowest BCUT2D eigenvalue weighted by Gasteiger charge is -2.16. The summed E-state index contributed by atoms with van der Waals surface area (Å²) in [7, 11) is 0. The van der Waals surface area contributed by atoms with Gasteiger partial charge in [0.25, 0.3) is 5.90 Å². The van der Waals surface area contributed by atoms with Crippen LogP contribution >= 0.6 is 0 Å². The van der Waals surface area contributed by atoms with Crippen LogP contribution in [0.4, 0.5) is 11.5 Å². The first-order valence-corrected chi connectivity index (χ1v) is 6.01. The van der Waals surface area contributed by atoms with E-state index in [0.717, 1.165) is 10.9 Å². The minimum absolute atomic E-state index is 0.316. The molecule has 0 radical (unpaired) electrons. The Kier molecular flexibility index (Phi) is 2.35. The van der Waals surface area contributed by atoms with Crippen molar-refractivity contribution < 1.29 is 4.74 Å². The number of rotatable bonds is 1. The first-order valence-electron chi connectivity index (χ1n) is 6.01. The Bertz CT molecular complexity index is 693. The molecule has 2 aromatic rings. The summed E-state index contributed by atoms with van der Waals surface area (Å²) in [5.74, 6) is 1.24. The van der Waals surface area contributed by atoms with Crippen LogP contribution in [-0.2, 0) is 4.74 Å². The maximum atomic E-state index is 5.94. The quantitative estimate of drug-likeness (QED) is 0.751. The number of benzene rings is 1. The van der Waals surface area contributed by atoms with E-state index >= 15 is 0 Å². The predicted octanol–water partition coefficient (Wildman–Crippen LogP) is 1.35. The molecule has 0 saturated carbocycles. The monoisotopic (exact) mass is 257 g/mol. The zero-order valence-electron chi connectivity index (χ0n) is 10.8. The number of fused-ring (bicyclic) bond motifs is 1. The van der Waals surface area contributed by atoms with Gasteiger partial charge in [0.15, 0.2) is 0 Å². The fraction of sp³-hybridized carbons (Fsp3) is 0.308. The maximum Gasteiger partial charge on any atom is 0.255 e. The molecule has 19 heavy (non-hydrogen) atoms. The van der Waals surface area contributed by atoms with Crippen molar-refractivity contribution in [1.29, 1.82) is 0 Å². The SMILES string of the molecule is CC1(C)CN=C(c2nc(N)c3cc(N)ccc3n2)O1. The third-order valence-corrected chi connectivity index (χ3v) is 2.92. The third-order valence-electron chi connectivity index (χ3n) is 2.92. The second-order valence-electron chi connectivity index (χ2n) is 5.19. The molecule has 0 atom stereocenters. The van der Waals surface area contributed by atoms with Gasteiger partial charge in [-0.25, -0.2) is 15.0 Å². The van der Waals surface area contributed by atoms with Crippen LogP contribution in [-0.4, -0.2) is 28.0 Å². The molecule has 1 aromatic carbocycles. The lowest BCUT2D eigenvalue weighted by atomic mass is 10.1. The molecule has 0 unspecified atom stereocenters. The van der Waals surface area contributed by atoms with Crippen molar-refractivity contribution in [3.63, 3.8) is 0 Å². The smallest absolute Gasteiger partial charge is 0.255 e. The average molecular weight is 257 g/mol. The van der Waals surface area contributed by atoms with E-state index in [-0.39, 0.29) is 5.60 Å². The Hall–Kier alpha value is -2.37. The number of nitrogens with two attached hydrogens (primary N) is 2. The predicted molar refractivity (Wildman–Crippen MR) is 74.9 cm³/mol. The van der Waals surface area contributed by atoms with Crippen molar-refractivity contribution >= 4 is 28.3 Å². The van der Waals surface area contributed by atoms with Gasteiger partial charge in [-0.15, -0.1) is 0 Å². The number of nitrogen functional groups attached to an aromatic ring is 2. The number of aliphatic imine (C=N–C) groups is 1. The summed E-state index contributed by atoms with van der Waals surface area (Å²) >= 11 is 0. The number of aromatic nitrogens is 2. The van der Waals surface area contributed by atoms with Crippen LogP contribution in [0, 0.1) is 0 Å². The minimum Gasteiger partial charge on any atom is -0.467 e. The molecule has 4 N–H and O–H groups in total. The van der Waals surface area contributed by atoms with Crippen molar-refractivity contribution in [3.05, 3.63) is 24.0 Å². The molecule has 1 aromatic heterocycles. The van der Waals surface area contributed by atoms with Crippen LogP contribution in [0.3, 0.4) is 0 Å². The zero-order chi connectivity index (χ0) is 13.6. The van der Waals surface area contributed by atoms with Crippen LogP contribution < -0.4 is 11.5 Å². The average Bonchev–Trinajstić information content (AvgIpc) is 2.70. The highest BCUT2D eigenvalue weighted by Crippen LogP contribution is 2.24. The molecule has 0 saturated heterocycles. The second kappa shape index (κ2) is 3.81. The molecule has 6 heteroatoms. The summed E-state index contributed by atoms with van der Waals surface area (Å²) < 4.78 is 5.71. The van der Waals surface area contributed by atoms with Gasteiger partial charge in [-0.1, -0.05) is 0 Å². The molecule has 2 heterocycles. The van der Waals surface area contributed by atoms with Crippen LogP contribution in [0.15, 0.2) is 23.2 Å². The van der Waals surface area contributed by atoms with Crippen LogP contribution in [0.5, 0.6) is 0 Å². The van der Waals surface area contributed by atoms with Gasteiger partial charge in [0.2, 0.25) is 5.82 Å². The standard InChI is InChI=1S/C13H15N5O/c1-13(2)6-16-12(19-13)11-17-9-4-3-7(14)5-8(9)10(15)18-11/h3-5H,6,14H2,1-2H3,(H2,15,17,18). The molecule has 0 aliphatic carbocycles. The number of anilines is 2. The van der Waals surface area contributed by atoms with E-state index in [2.05, 4.69) is 15.0 Å². The summed E-state index contributed by atoms with van der Waals surface area (Å²) in [4.78, 5) is 13.0. The van der Waals surface area contributed by atoms with E-state index in [1.54, 1.807) is 12.1 Å². The first kappa shape index (κ1) is 11.7. The van der Waals surface area contributed by atoms with E-state index in [4.69, 9.17) is 16.2 Å². The largest absolute Gasteiger partial charge is 0.467 e. The van der Waals surface area contributed by atoms with E-state index in [1.165, 1.54) is 0 Å².